The molecule has 1 saturated carbocycles. The lowest BCUT2D eigenvalue weighted by Gasteiger charge is -2.29. The molecule has 0 bridgehead atoms. The number of rotatable bonds is 16. The number of ketones is 2. The number of halogens is 1. The van der Waals surface area contributed by atoms with Gasteiger partial charge in [0.25, 0.3) is 0 Å². The van der Waals surface area contributed by atoms with Crippen LogP contribution in [0.3, 0.4) is 0 Å². The van der Waals surface area contributed by atoms with Gasteiger partial charge in [-0.25, -0.2) is 0 Å². The summed E-state index contributed by atoms with van der Waals surface area (Å²) >= 11 is 6.14. The van der Waals surface area contributed by atoms with Crippen LogP contribution >= 0.6 is 11.6 Å². The number of hydrogen-bond acceptors (Lipinski definition) is 9. The topological polar surface area (TPSA) is 107 Å². The molecule has 2 unspecified atom stereocenters. The van der Waals surface area contributed by atoms with Crippen LogP contribution in [0.1, 0.15) is 77.0 Å². The first kappa shape index (κ1) is 33.6. The lowest BCUT2D eigenvalue weighted by atomic mass is 9.88. The Hall–Kier alpha value is -2.30. The van der Waals surface area contributed by atoms with Crippen LogP contribution in [0, 0.1) is 11.8 Å². The summed E-state index contributed by atoms with van der Waals surface area (Å²) in [6, 6.07) is 7.19. The average molecular weight is 621 g/mol. The van der Waals surface area contributed by atoms with E-state index in [4.69, 9.17) is 35.3 Å². The van der Waals surface area contributed by atoms with Crippen LogP contribution in [0.2, 0.25) is 5.02 Å². The molecule has 0 aromatic heterocycles. The van der Waals surface area contributed by atoms with Crippen LogP contribution in [0.5, 0.6) is 5.75 Å². The summed E-state index contributed by atoms with van der Waals surface area (Å²) in [5, 5.41) is 0.577. The summed E-state index contributed by atoms with van der Waals surface area (Å²) in [6.07, 6.45) is 10.0. The number of carbonyl (C=O) groups excluding carboxylic acids is 3. The maximum atomic E-state index is 13.3. The predicted octanol–water partition coefficient (Wildman–Crippen LogP) is 6.00. The minimum Gasteiger partial charge on any atom is -0.490 e. The van der Waals surface area contributed by atoms with Gasteiger partial charge in [0.2, 0.25) is 0 Å². The van der Waals surface area contributed by atoms with E-state index >= 15 is 0 Å². The van der Waals surface area contributed by atoms with Gasteiger partial charge < -0.3 is 28.4 Å². The Morgan fingerprint density at radius 1 is 1.05 bits per heavy atom. The van der Waals surface area contributed by atoms with E-state index in [0.717, 1.165) is 38.5 Å². The van der Waals surface area contributed by atoms with E-state index in [2.05, 4.69) is 4.74 Å². The van der Waals surface area contributed by atoms with Gasteiger partial charge in [0.05, 0.1) is 13.2 Å². The van der Waals surface area contributed by atoms with Crippen molar-refractivity contribution in [3.63, 3.8) is 0 Å². The first-order valence-electron chi connectivity index (χ1n) is 15.6. The highest BCUT2D eigenvalue weighted by atomic mass is 35.5. The van der Waals surface area contributed by atoms with Gasteiger partial charge in [-0.1, -0.05) is 29.8 Å². The van der Waals surface area contributed by atoms with Crippen molar-refractivity contribution < 1.29 is 42.8 Å². The Morgan fingerprint density at radius 3 is 2.49 bits per heavy atom. The van der Waals surface area contributed by atoms with Gasteiger partial charge in [-0.2, -0.15) is 0 Å². The molecule has 2 aliphatic heterocycles. The Bertz CT molecular complexity index is 1060. The molecule has 2 saturated heterocycles. The highest BCUT2D eigenvalue weighted by Gasteiger charge is 2.43. The maximum Gasteiger partial charge on any atom is 0.305 e. The first-order chi connectivity index (χ1) is 20.9. The van der Waals surface area contributed by atoms with Crippen LogP contribution in [-0.2, 0) is 38.1 Å². The predicted molar refractivity (Wildman–Crippen MR) is 160 cm³/mol. The summed E-state index contributed by atoms with van der Waals surface area (Å²) in [6.45, 7) is 1.50. The third-order valence-electron chi connectivity index (χ3n) is 8.16. The van der Waals surface area contributed by atoms with Gasteiger partial charge >= 0.3 is 5.97 Å². The Labute approximate surface area is 259 Å². The fourth-order valence-electron chi connectivity index (χ4n) is 5.80. The fraction of sp³-hybridized carbons (Fsp3) is 0.667. The molecule has 0 spiro atoms. The van der Waals surface area contributed by atoms with Crippen molar-refractivity contribution >= 4 is 29.1 Å². The van der Waals surface area contributed by atoms with E-state index in [1.165, 1.54) is 7.11 Å². The van der Waals surface area contributed by atoms with E-state index in [1.807, 2.05) is 24.3 Å². The number of methoxy groups -OCH3 is 1. The Kier molecular flexibility index (Phi) is 14.0. The lowest BCUT2D eigenvalue weighted by molar-refractivity contribution is -0.192. The molecule has 4 rings (SSSR count). The smallest absolute Gasteiger partial charge is 0.305 e. The van der Waals surface area contributed by atoms with Gasteiger partial charge in [0.1, 0.15) is 30.0 Å². The second-order valence-corrected chi connectivity index (χ2v) is 11.9. The van der Waals surface area contributed by atoms with Crippen LogP contribution in [0.25, 0.3) is 0 Å². The van der Waals surface area contributed by atoms with Crippen molar-refractivity contribution in [3.8, 4) is 5.75 Å². The minimum absolute atomic E-state index is 0.00359. The molecule has 1 aromatic carbocycles. The van der Waals surface area contributed by atoms with E-state index in [-0.39, 0.29) is 61.9 Å². The van der Waals surface area contributed by atoms with E-state index in [0.29, 0.717) is 43.2 Å². The van der Waals surface area contributed by atoms with Crippen LogP contribution < -0.4 is 4.74 Å². The second kappa shape index (κ2) is 17.9. The number of carbonyl (C=O) groups is 3. The molecule has 9 nitrogen and oxygen atoms in total. The van der Waals surface area contributed by atoms with Crippen LogP contribution in [0.15, 0.2) is 36.4 Å². The summed E-state index contributed by atoms with van der Waals surface area (Å²) in [5.41, 5.74) is 0. The number of ether oxygens (including phenoxy) is 6. The molecule has 10 heteroatoms. The molecule has 1 aliphatic carbocycles. The standard InChI is InChI=1S/C33H45ClO9/c1-38-31(37)12-3-2-10-24(35)20-28-27(30(21-29(28)36)43-33-14-5-7-18-40-33)16-15-26(42-32-13-4-6-17-39-32)22-41-25-11-8-9-23(34)19-25/h8-9,11,15-16,19,26-28,30,32-33H,2-7,10,12-14,17-18,20-22H2,1H3/b16-15+/t26-,27-,28-,30-,32?,33?/m1/s1. The number of benzene rings is 1. The molecular formula is C33H45ClO9. The molecule has 0 amide bonds. The third kappa shape index (κ3) is 11.3. The molecule has 43 heavy (non-hydrogen) atoms. The quantitative estimate of drug-likeness (QED) is 0.125. The SMILES string of the molecule is COC(=O)CCCCC(=O)C[C@H]1C(=O)C[C@@H](OC2CCCCO2)[C@@H]1/C=C/[C@H](COc1cccc(Cl)c1)OC1CCCCO1. The summed E-state index contributed by atoms with van der Waals surface area (Å²) in [5.74, 6) is -0.463. The molecular weight excluding hydrogens is 576 g/mol. The van der Waals surface area contributed by atoms with Crippen molar-refractivity contribution in [2.75, 3.05) is 26.9 Å². The number of unbranched alkanes of at least 4 members (excludes halogenated alkanes) is 1. The van der Waals surface area contributed by atoms with Gasteiger partial charge in [-0.15, -0.1) is 0 Å². The summed E-state index contributed by atoms with van der Waals surface area (Å²) < 4.78 is 35.0. The number of hydrogen-bond donors (Lipinski definition) is 0. The summed E-state index contributed by atoms with van der Waals surface area (Å²) in [7, 11) is 1.35. The van der Waals surface area contributed by atoms with Crippen molar-refractivity contribution in [1.82, 2.24) is 0 Å². The molecule has 0 N–H and O–H groups in total. The normalized spacial score (nSPS) is 26.8. The molecule has 3 aliphatic rings. The molecule has 3 fully saturated rings. The molecule has 0 radical (unpaired) electrons. The largest absolute Gasteiger partial charge is 0.490 e. The van der Waals surface area contributed by atoms with Crippen LogP contribution in [0.4, 0.5) is 0 Å². The molecule has 6 atom stereocenters. The lowest BCUT2D eigenvalue weighted by Crippen LogP contribution is -2.32. The van der Waals surface area contributed by atoms with E-state index in [9.17, 15) is 14.4 Å². The maximum absolute atomic E-state index is 13.3. The van der Waals surface area contributed by atoms with Crippen molar-refractivity contribution in [3.05, 3.63) is 41.4 Å². The Morgan fingerprint density at radius 2 is 1.79 bits per heavy atom. The highest BCUT2D eigenvalue weighted by Crippen LogP contribution is 2.37. The molecule has 1 aromatic rings. The first-order valence-corrected chi connectivity index (χ1v) is 16.0. The summed E-state index contributed by atoms with van der Waals surface area (Å²) in [4.78, 5) is 37.6. The number of esters is 1. The zero-order valence-corrected chi connectivity index (χ0v) is 25.8. The van der Waals surface area contributed by atoms with Gasteiger partial charge in [-0.3, -0.25) is 14.4 Å². The average Bonchev–Trinajstić information content (AvgIpc) is 3.30. The zero-order chi connectivity index (χ0) is 30.4. The Balaban J connectivity index is 1.46. The minimum atomic E-state index is -0.502. The molecule has 2 heterocycles. The monoisotopic (exact) mass is 620 g/mol. The van der Waals surface area contributed by atoms with Gasteiger partial charge in [0.15, 0.2) is 12.6 Å². The van der Waals surface area contributed by atoms with Crippen molar-refractivity contribution in [2.45, 2.75) is 102 Å². The second-order valence-electron chi connectivity index (χ2n) is 11.5. The van der Waals surface area contributed by atoms with Crippen molar-refractivity contribution in [2.24, 2.45) is 11.8 Å². The van der Waals surface area contributed by atoms with Gasteiger partial charge in [0, 0.05) is 55.8 Å². The van der Waals surface area contributed by atoms with Crippen LogP contribution in [-0.4, -0.2) is 69.3 Å². The third-order valence-corrected chi connectivity index (χ3v) is 8.39. The van der Waals surface area contributed by atoms with Crippen molar-refractivity contribution in [1.29, 1.82) is 0 Å². The fourth-order valence-corrected chi connectivity index (χ4v) is 5.98. The van der Waals surface area contributed by atoms with E-state index < -0.39 is 18.1 Å². The zero-order valence-electron chi connectivity index (χ0n) is 25.1. The van der Waals surface area contributed by atoms with E-state index in [1.54, 1.807) is 12.1 Å². The van der Waals surface area contributed by atoms with Gasteiger partial charge in [-0.05, 0) is 69.6 Å². The highest BCUT2D eigenvalue weighted by molar-refractivity contribution is 6.30. The molecule has 238 valence electrons. The number of Topliss-reactive ketones (excluding diaryl/α,β-unsaturated/α-hetero) is 2.